The lowest BCUT2D eigenvalue weighted by Crippen LogP contribution is -2.38. The molecule has 0 radical (unpaired) electrons. The minimum Gasteiger partial charge on any atom is -0.325 e. The van der Waals surface area contributed by atoms with E-state index in [1.54, 1.807) is 42.9 Å². The smallest absolute Gasteiger partial charge is 0.325 e. The Balaban J connectivity index is 1.62. The largest absolute Gasteiger partial charge is 0.352 e. The molecule has 2 aliphatic heterocycles. The number of hydrogen-bond acceptors (Lipinski definition) is 5. The summed E-state index contributed by atoms with van der Waals surface area (Å²) in [5.74, 6) is -0.100. The van der Waals surface area contributed by atoms with Crippen molar-refractivity contribution in [2.75, 3.05) is 5.32 Å². The third kappa shape index (κ3) is 4.42. The molecule has 0 saturated heterocycles. The quantitative estimate of drug-likeness (QED) is 0.520. The standard InChI is InChI=1S/C23H21N5O3/c1-2-16-6-3-8-18(12-16)25-20(29)15-27-11-5-9-19-21(27)26-23(31)28(22(19)30)14-17-7-4-10-24-13-17/h3-13H,2,14-15H2,1H3,(H,25,29). The van der Waals surface area contributed by atoms with Crippen LogP contribution in [0.15, 0.2) is 76.7 Å². The summed E-state index contributed by atoms with van der Waals surface area (Å²) in [6.45, 7) is 2.05. The Morgan fingerprint density at radius 1 is 1.06 bits per heavy atom. The molecule has 0 bridgehead atoms. The van der Waals surface area contributed by atoms with Gasteiger partial charge in [0.1, 0.15) is 6.54 Å². The van der Waals surface area contributed by atoms with E-state index >= 15 is 0 Å². The van der Waals surface area contributed by atoms with Gasteiger partial charge in [0.25, 0.3) is 5.56 Å². The summed E-state index contributed by atoms with van der Waals surface area (Å²) in [6.07, 6.45) is 5.71. The first-order valence-corrected chi connectivity index (χ1v) is 9.93. The van der Waals surface area contributed by atoms with E-state index in [-0.39, 0.29) is 30.4 Å². The number of carbonyl (C=O) groups is 1. The van der Waals surface area contributed by atoms with E-state index in [9.17, 15) is 14.4 Å². The maximum atomic E-state index is 12.9. The molecule has 1 aromatic carbocycles. The van der Waals surface area contributed by atoms with Crippen molar-refractivity contribution in [1.82, 2.24) is 19.1 Å². The van der Waals surface area contributed by atoms with Gasteiger partial charge in [-0.3, -0.25) is 19.1 Å². The van der Waals surface area contributed by atoms with E-state index in [0.29, 0.717) is 5.69 Å². The zero-order valence-electron chi connectivity index (χ0n) is 17.0. The first-order chi connectivity index (χ1) is 15.0. The molecule has 1 N–H and O–H groups in total. The maximum Gasteiger partial charge on any atom is 0.352 e. The van der Waals surface area contributed by atoms with Crippen molar-refractivity contribution in [1.29, 1.82) is 0 Å². The summed E-state index contributed by atoms with van der Waals surface area (Å²) >= 11 is 0. The second-order valence-corrected chi connectivity index (χ2v) is 7.12. The molecule has 0 unspecified atom stereocenters. The van der Waals surface area contributed by atoms with Gasteiger partial charge in [0.05, 0.1) is 12.1 Å². The highest BCUT2D eigenvalue weighted by molar-refractivity contribution is 5.90. The molecule has 0 saturated carbocycles. The van der Waals surface area contributed by atoms with Crippen LogP contribution < -0.4 is 16.6 Å². The van der Waals surface area contributed by atoms with Crippen LogP contribution in [0.1, 0.15) is 18.1 Å². The molecule has 8 nitrogen and oxygen atoms in total. The van der Waals surface area contributed by atoms with Crippen LogP contribution >= 0.6 is 0 Å². The average molecular weight is 415 g/mol. The highest BCUT2D eigenvalue weighted by Gasteiger charge is 2.18. The molecule has 0 atom stereocenters. The summed E-state index contributed by atoms with van der Waals surface area (Å²) in [6, 6.07) is 14.4. The van der Waals surface area contributed by atoms with Crippen molar-refractivity contribution >= 4 is 11.6 Å². The van der Waals surface area contributed by atoms with Gasteiger partial charge in [0, 0.05) is 24.3 Å². The van der Waals surface area contributed by atoms with Crippen LogP contribution in [0.25, 0.3) is 11.4 Å². The van der Waals surface area contributed by atoms with Gasteiger partial charge in [-0.15, -0.1) is 0 Å². The third-order valence-electron chi connectivity index (χ3n) is 4.95. The van der Waals surface area contributed by atoms with Crippen LogP contribution in [0.4, 0.5) is 5.69 Å². The van der Waals surface area contributed by atoms with Crippen molar-refractivity contribution in [3.63, 3.8) is 0 Å². The number of amides is 1. The van der Waals surface area contributed by atoms with Gasteiger partial charge in [-0.25, -0.2) is 4.79 Å². The maximum absolute atomic E-state index is 12.9. The van der Waals surface area contributed by atoms with Gasteiger partial charge in [-0.2, -0.15) is 4.98 Å². The fourth-order valence-electron chi connectivity index (χ4n) is 3.38. The highest BCUT2D eigenvalue weighted by atomic mass is 16.2. The van der Waals surface area contributed by atoms with Crippen LogP contribution in [0, 0.1) is 0 Å². The van der Waals surface area contributed by atoms with Gasteiger partial charge in [0.15, 0.2) is 5.82 Å². The Morgan fingerprint density at radius 3 is 2.68 bits per heavy atom. The van der Waals surface area contributed by atoms with Crippen LogP contribution in [0.5, 0.6) is 0 Å². The number of pyridine rings is 2. The Hall–Kier alpha value is -4.07. The summed E-state index contributed by atoms with van der Waals surface area (Å²) in [5, 5.41) is 2.85. The van der Waals surface area contributed by atoms with Crippen molar-refractivity contribution in [3.05, 3.63) is 99.1 Å². The number of anilines is 1. The number of nitrogens with one attached hydrogen (secondary N) is 1. The number of aryl methyl sites for hydroxylation is 1. The van der Waals surface area contributed by atoms with E-state index in [1.807, 2.05) is 31.2 Å². The number of carbonyl (C=O) groups excluding carboxylic acids is 1. The first kappa shape index (κ1) is 20.2. The Labute approximate surface area is 178 Å². The predicted octanol–water partition coefficient (Wildman–Crippen LogP) is 2.15. The average Bonchev–Trinajstić information content (AvgIpc) is 2.78. The van der Waals surface area contributed by atoms with E-state index in [0.717, 1.165) is 22.1 Å². The topological polar surface area (TPSA) is 98.9 Å². The van der Waals surface area contributed by atoms with Crippen molar-refractivity contribution in [3.8, 4) is 11.4 Å². The molecule has 31 heavy (non-hydrogen) atoms. The van der Waals surface area contributed by atoms with Crippen LogP contribution in [-0.2, 0) is 24.3 Å². The van der Waals surface area contributed by atoms with E-state index < -0.39 is 11.2 Å². The normalized spacial score (nSPS) is 10.9. The van der Waals surface area contributed by atoms with Crippen molar-refractivity contribution in [2.45, 2.75) is 26.4 Å². The van der Waals surface area contributed by atoms with E-state index in [4.69, 9.17) is 0 Å². The molecular formula is C23H21N5O3. The van der Waals surface area contributed by atoms with E-state index in [2.05, 4.69) is 15.3 Å². The van der Waals surface area contributed by atoms with Crippen molar-refractivity contribution in [2.24, 2.45) is 0 Å². The number of fused-ring (bicyclic) bond motifs is 1. The lowest BCUT2D eigenvalue weighted by molar-refractivity contribution is -0.116. The molecule has 8 heteroatoms. The van der Waals surface area contributed by atoms with Gasteiger partial charge in [-0.05, 0) is 47.9 Å². The Bertz CT molecular complexity index is 1310. The van der Waals surface area contributed by atoms with Crippen LogP contribution in [0.3, 0.4) is 0 Å². The molecule has 1 aromatic heterocycles. The summed E-state index contributed by atoms with van der Waals surface area (Å²) in [7, 11) is 0. The molecule has 0 spiro atoms. The third-order valence-corrected chi connectivity index (χ3v) is 4.95. The number of nitrogens with zero attached hydrogens (tertiary/aromatic N) is 4. The Kier molecular flexibility index (Phi) is 5.70. The second-order valence-electron chi connectivity index (χ2n) is 7.12. The fraction of sp³-hybridized carbons (Fsp3) is 0.174. The first-order valence-electron chi connectivity index (χ1n) is 9.93. The Morgan fingerprint density at radius 2 is 1.90 bits per heavy atom. The SMILES string of the molecule is CCc1cccc(NC(=O)Cn2cccc3c(=O)n(Cc4cccnc4)c(=O)nc2-3)c1. The molecule has 1 amide bonds. The van der Waals surface area contributed by atoms with Gasteiger partial charge >= 0.3 is 5.69 Å². The zero-order valence-corrected chi connectivity index (χ0v) is 17.0. The van der Waals surface area contributed by atoms with Gasteiger partial charge < -0.3 is 9.88 Å². The molecule has 0 aliphatic carbocycles. The fourth-order valence-corrected chi connectivity index (χ4v) is 3.38. The number of hydrogen-bond donors (Lipinski definition) is 1. The molecular weight excluding hydrogens is 394 g/mol. The van der Waals surface area contributed by atoms with Crippen LogP contribution in [0.2, 0.25) is 0 Å². The van der Waals surface area contributed by atoms with E-state index in [1.165, 1.54) is 4.57 Å². The lowest BCUT2D eigenvalue weighted by atomic mass is 10.1. The summed E-state index contributed by atoms with van der Waals surface area (Å²) in [5.41, 5.74) is 1.68. The lowest BCUT2D eigenvalue weighted by Gasteiger charge is -2.15. The highest BCUT2D eigenvalue weighted by Crippen LogP contribution is 2.15. The summed E-state index contributed by atoms with van der Waals surface area (Å²) < 4.78 is 2.57. The second kappa shape index (κ2) is 8.74. The minimum atomic E-state index is -0.669. The van der Waals surface area contributed by atoms with Gasteiger partial charge in [-0.1, -0.05) is 25.1 Å². The monoisotopic (exact) mass is 415 g/mol. The van der Waals surface area contributed by atoms with Crippen LogP contribution in [-0.4, -0.2) is 25.0 Å². The number of aromatic nitrogens is 4. The predicted molar refractivity (Wildman–Crippen MR) is 117 cm³/mol. The molecule has 4 rings (SSSR count). The summed E-state index contributed by atoms with van der Waals surface area (Å²) in [4.78, 5) is 46.2. The molecule has 2 aliphatic rings. The van der Waals surface area contributed by atoms with Gasteiger partial charge in [0.2, 0.25) is 5.91 Å². The zero-order chi connectivity index (χ0) is 21.8. The molecule has 156 valence electrons. The minimum absolute atomic E-state index is 0.0772. The molecule has 2 aromatic rings. The molecule has 0 fully saturated rings. The number of rotatable bonds is 6. The number of benzene rings is 1. The van der Waals surface area contributed by atoms with Crippen molar-refractivity contribution < 1.29 is 4.79 Å². The molecule has 3 heterocycles.